The van der Waals surface area contributed by atoms with Crippen molar-refractivity contribution in [3.63, 3.8) is 0 Å². The molecule has 1 amide bonds. The minimum atomic E-state index is -0.832. The predicted octanol–water partition coefficient (Wildman–Crippen LogP) is 6.73. The zero-order chi connectivity index (χ0) is 30.2. The van der Waals surface area contributed by atoms with Crippen LogP contribution in [0.25, 0.3) is 5.76 Å². The van der Waals surface area contributed by atoms with Crippen molar-refractivity contribution >= 4 is 17.4 Å². The predicted molar refractivity (Wildman–Crippen MR) is 165 cm³/mol. The van der Waals surface area contributed by atoms with E-state index < -0.39 is 17.7 Å². The van der Waals surface area contributed by atoms with Gasteiger partial charge in [0.25, 0.3) is 11.7 Å². The van der Waals surface area contributed by atoms with Crippen molar-refractivity contribution in [2.75, 3.05) is 20.3 Å². The topological polar surface area (TPSA) is 85.3 Å². The van der Waals surface area contributed by atoms with Gasteiger partial charge in [-0.2, -0.15) is 0 Å². The minimum Gasteiger partial charge on any atom is -0.507 e. The smallest absolute Gasteiger partial charge is 0.295 e. The van der Waals surface area contributed by atoms with Crippen molar-refractivity contribution in [3.05, 3.63) is 131 Å². The Balaban J connectivity index is 1.54. The number of methoxy groups -OCH3 is 1. The highest BCUT2D eigenvalue weighted by molar-refractivity contribution is 6.46. The highest BCUT2D eigenvalue weighted by Gasteiger charge is 2.46. The van der Waals surface area contributed by atoms with Gasteiger partial charge in [-0.3, -0.25) is 9.59 Å². The van der Waals surface area contributed by atoms with Gasteiger partial charge in [0.2, 0.25) is 0 Å². The van der Waals surface area contributed by atoms with E-state index >= 15 is 0 Å². The number of likely N-dealkylation sites (tertiary alicyclic amines) is 1. The summed E-state index contributed by atoms with van der Waals surface area (Å²) in [5, 5.41) is 11.6. The van der Waals surface area contributed by atoms with Crippen LogP contribution >= 0.6 is 0 Å². The number of ketones is 1. The van der Waals surface area contributed by atoms with E-state index in [1.54, 1.807) is 43.5 Å². The van der Waals surface area contributed by atoms with Gasteiger partial charge in [0.05, 0.1) is 25.3 Å². The summed E-state index contributed by atoms with van der Waals surface area (Å²) < 4.78 is 17.5. The van der Waals surface area contributed by atoms with Gasteiger partial charge < -0.3 is 24.2 Å². The molecule has 1 N–H and O–H groups in total. The van der Waals surface area contributed by atoms with Gasteiger partial charge in [-0.15, -0.1) is 0 Å². The molecule has 220 valence electrons. The summed E-state index contributed by atoms with van der Waals surface area (Å²) in [7, 11) is 1.54. The average molecular weight is 578 g/mol. The molecule has 1 atom stereocenters. The van der Waals surface area contributed by atoms with Gasteiger partial charge in [0.1, 0.15) is 18.1 Å². The van der Waals surface area contributed by atoms with Gasteiger partial charge in [-0.05, 0) is 53.8 Å². The standard InChI is InChI=1S/C36H35NO6/c1-3-21-42-29-16-10-15-28(22-29)34(38)32-33(37(36(40)35(32)39)20-19-25-11-6-4-7-12-25)27-17-18-30(31(23-27)41-2)43-24-26-13-8-5-9-14-26/h4-18,22-23,33,38H,3,19-21,24H2,1-2H3/b34-32+. The summed E-state index contributed by atoms with van der Waals surface area (Å²) in [5.74, 6) is -0.101. The number of hydrogen-bond donors (Lipinski definition) is 1. The molecule has 1 unspecified atom stereocenters. The van der Waals surface area contributed by atoms with Crippen LogP contribution in [-0.4, -0.2) is 42.0 Å². The Kier molecular flexibility index (Phi) is 9.42. The number of carbonyl (C=O) groups is 2. The van der Waals surface area contributed by atoms with Crippen LogP contribution < -0.4 is 14.2 Å². The Morgan fingerprint density at radius 3 is 2.23 bits per heavy atom. The van der Waals surface area contributed by atoms with Crippen molar-refractivity contribution in [1.29, 1.82) is 0 Å². The normalized spacial score (nSPS) is 15.9. The third-order valence-electron chi connectivity index (χ3n) is 7.35. The van der Waals surface area contributed by atoms with E-state index in [2.05, 4.69) is 0 Å². The van der Waals surface area contributed by atoms with Crippen LogP contribution in [0.5, 0.6) is 17.2 Å². The summed E-state index contributed by atoms with van der Waals surface area (Å²) in [6, 6.07) is 31.0. The van der Waals surface area contributed by atoms with Crippen molar-refractivity contribution in [2.45, 2.75) is 32.4 Å². The fourth-order valence-electron chi connectivity index (χ4n) is 5.17. The number of amides is 1. The highest BCUT2D eigenvalue weighted by atomic mass is 16.5. The maximum Gasteiger partial charge on any atom is 0.295 e. The van der Waals surface area contributed by atoms with Crippen molar-refractivity contribution < 1.29 is 28.9 Å². The Labute approximate surface area is 252 Å². The first-order valence-corrected chi connectivity index (χ1v) is 14.4. The van der Waals surface area contributed by atoms with Crippen LogP contribution in [0.2, 0.25) is 0 Å². The zero-order valence-corrected chi connectivity index (χ0v) is 24.4. The van der Waals surface area contributed by atoms with Crippen LogP contribution in [0.3, 0.4) is 0 Å². The van der Waals surface area contributed by atoms with Gasteiger partial charge in [0, 0.05) is 12.1 Å². The summed E-state index contributed by atoms with van der Waals surface area (Å²) in [5.41, 5.74) is 3.08. The second kappa shape index (κ2) is 13.7. The lowest BCUT2D eigenvalue weighted by molar-refractivity contribution is -0.139. The molecule has 4 aromatic rings. The SMILES string of the molecule is CCCOc1cccc(/C(O)=C2\C(=O)C(=O)N(CCc3ccccc3)C2c2ccc(OCc3ccccc3)c(OC)c2)c1. The molecule has 1 heterocycles. The number of rotatable bonds is 12. The first-order chi connectivity index (χ1) is 21.0. The first kappa shape index (κ1) is 29.5. The molecule has 0 saturated carbocycles. The van der Waals surface area contributed by atoms with Crippen LogP contribution in [0, 0.1) is 0 Å². The van der Waals surface area contributed by atoms with E-state index in [9.17, 15) is 14.7 Å². The lowest BCUT2D eigenvalue weighted by Gasteiger charge is -2.26. The van der Waals surface area contributed by atoms with Gasteiger partial charge >= 0.3 is 0 Å². The number of nitrogens with zero attached hydrogens (tertiary/aromatic N) is 1. The van der Waals surface area contributed by atoms with Crippen LogP contribution in [0.4, 0.5) is 0 Å². The van der Waals surface area contributed by atoms with Crippen molar-refractivity contribution in [3.8, 4) is 17.2 Å². The Bertz CT molecular complexity index is 1600. The maximum absolute atomic E-state index is 13.6. The molecule has 0 aromatic heterocycles. The maximum atomic E-state index is 13.6. The molecule has 0 radical (unpaired) electrons. The average Bonchev–Trinajstić information content (AvgIpc) is 3.31. The van der Waals surface area contributed by atoms with E-state index in [0.717, 1.165) is 17.5 Å². The monoisotopic (exact) mass is 577 g/mol. The van der Waals surface area contributed by atoms with Crippen LogP contribution in [-0.2, 0) is 22.6 Å². The lowest BCUT2D eigenvalue weighted by atomic mass is 9.94. The molecule has 4 aromatic carbocycles. The van der Waals surface area contributed by atoms with E-state index in [-0.39, 0.29) is 17.9 Å². The second-order valence-electron chi connectivity index (χ2n) is 10.3. The van der Waals surface area contributed by atoms with E-state index in [4.69, 9.17) is 14.2 Å². The molecular formula is C36H35NO6. The molecule has 1 aliphatic heterocycles. The zero-order valence-electron chi connectivity index (χ0n) is 24.4. The Morgan fingerprint density at radius 1 is 0.814 bits per heavy atom. The number of Topliss-reactive ketones (excluding diaryl/α,β-unsaturated/α-hetero) is 1. The first-order valence-electron chi connectivity index (χ1n) is 14.4. The molecule has 0 spiro atoms. The molecule has 5 rings (SSSR count). The fourth-order valence-corrected chi connectivity index (χ4v) is 5.17. The quantitative estimate of drug-likeness (QED) is 0.114. The number of ether oxygens (including phenoxy) is 3. The van der Waals surface area contributed by atoms with Crippen LogP contribution in [0.15, 0.2) is 109 Å². The molecule has 1 aliphatic rings. The molecule has 7 nitrogen and oxygen atoms in total. The lowest BCUT2D eigenvalue weighted by Crippen LogP contribution is -2.31. The molecule has 7 heteroatoms. The molecule has 0 aliphatic carbocycles. The summed E-state index contributed by atoms with van der Waals surface area (Å²) in [6.07, 6.45) is 1.37. The third-order valence-corrected chi connectivity index (χ3v) is 7.35. The van der Waals surface area contributed by atoms with Gasteiger partial charge in [-0.25, -0.2) is 0 Å². The van der Waals surface area contributed by atoms with Gasteiger partial charge in [0.15, 0.2) is 11.5 Å². The summed E-state index contributed by atoms with van der Waals surface area (Å²) in [6.45, 7) is 3.16. The fraction of sp³-hybridized carbons (Fsp3) is 0.222. The Morgan fingerprint density at radius 2 is 1.53 bits per heavy atom. The molecular weight excluding hydrogens is 542 g/mol. The number of carbonyl (C=O) groups excluding carboxylic acids is 2. The minimum absolute atomic E-state index is 0.0192. The molecule has 1 fully saturated rings. The number of aliphatic hydroxyl groups excluding tert-OH is 1. The van der Waals surface area contributed by atoms with E-state index in [1.807, 2.05) is 73.7 Å². The number of hydrogen-bond acceptors (Lipinski definition) is 6. The summed E-state index contributed by atoms with van der Waals surface area (Å²) in [4.78, 5) is 28.6. The highest BCUT2D eigenvalue weighted by Crippen LogP contribution is 2.42. The van der Waals surface area contributed by atoms with E-state index in [1.165, 1.54) is 4.90 Å². The van der Waals surface area contributed by atoms with Gasteiger partial charge in [-0.1, -0.05) is 85.8 Å². The second-order valence-corrected chi connectivity index (χ2v) is 10.3. The molecule has 1 saturated heterocycles. The van der Waals surface area contributed by atoms with Crippen molar-refractivity contribution in [2.24, 2.45) is 0 Å². The molecule has 0 bridgehead atoms. The molecule has 43 heavy (non-hydrogen) atoms. The Hall–Kier alpha value is -5.04. The van der Waals surface area contributed by atoms with Crippen molar-refractivity contribution in [1.82, 2.24) is 4.90 Å². The van der Waals surface area contributed by atoms with E-state index in [0.29, 0.717) is 48.0 Å². The third kappa shape index (κ3) is 6.72. The largest absolute Gasteiger partial charge is 0.507 e. The van der Waals surface area contributed by atoms with Crippen LogP contribution in [0.1, 0.15) is 41.6 Å². The summed E-state index contributed by atoms with van der Waals surface area (Å²) >= 11 is 0. The number of aliphatic hydroxyl groups is 1. The number of benzene rings is 4.